The molecule has 1 aliphatic heterocycles. The number of hydrogen-bond acceptors (Lipinski definition) is 4. The first kappa shape index (κ1) is 17.2. The summed E-state index contributed by atoms with van der Waals surface area (Å²) in [6.45, 7) is 6.00. The van der Waals surface area contributed by atoms with Gasteiger partial charge in [0.05, 0.1) is 11.2 Å². The topological polar surface area (TPSA) is 22.1 Å². The van der Waals surface area contributed by atoms with E-state index in [2.05, 4.69) is 34.6 Å². The van der Waals surface area contributed by atoms with Crippen LogP contribution < -0.4 is 0 Å². The van der Waals surface area contributed by atoms with Gasteiger partial charge >= 0.3 is 0 Å². The third kappa shape index (κ3) is 7.68. The summed E-state index contributed by atoms with van der Waals surface area (Å²) in [6, 6.07) is 10.4. The predicted molar refractivity (Wildman–Crippen MR) is 89.5 cm³/mol. The smallest absolute Gasteiger partial charge is 0.0795 e. The summed E-state index contributed by atoms with van der Waals surface area (Å²) in [5, 5.41) is 2.09. The predicted octanol–water partition coefficient (Wildman–Crippen LogP) is 5.26. The Morgan fingerprint density at radius 3 is 2.35 bits per heavy atom. The van der Waals surface area contributed by atoms with E-state index in [1.165, 1.54) is 23.4 Å². The second kappa shape index (κ2) is 11.9. The number of nitrogens with zero attached hydrogens (tertiary/aromatic N) is 1. The van der Waals surface area contributed by atoms with Crippen LogP contribution in [-0.2, 0) is 10.5 Å². The molecule has 2 heterocycles. The highest BCUT2D eigenvalue weighted by Gasteiger charge is 1.96. The van der Waals surface area contributed by atoms with Crippen LogP contribution in [0.5, 0.6) is 0 Å². The fourth-order valence-electron chi connectivity index (χ4n) is 1.49. The molecule has 2 nitrogen and oxygen atoms in total. The van der Waals surface area contributed by atoms with Crippen LogP contribution in [0.1, 0.15) is 32.4 Å². The Morgan fingerprint density at radius 2 is 1.85 bits per heavy atom. The minimum absolute atomic E-state index is 0.966. The molecular weight excluding hydrogens is 286 g/mol. The summed E-state index contributed by atoms with van der Waals surface area (Å²) in [4.78, 5) is 5.53. The zero-order chi connectivity index (χ0) is 14.5. The second-order valence-electron chi connectivity index (χ2n) is 3.90. The average molecular weight is 310 g/mol. The molecule has 0 atom stereocenters. The maximum Gasteiger partial charge on any atom is 0.0795 e. The number of ether oxygens (including phenoxy) is 1. The Labute approximate surface area is 130 Å². The first-order chi connectivity index (χ1) is 9.95. The Kier molecular flexibility index (Phi) is 10.3. The lowest BCUT2D eigenvalue weighted by atomic mass is 10.4. The van der Waals surface area contributed by atoms with Crippen molar-refractivity contribution in [1.82, 2.24) is 4.98 Å². The van der Waals surface area contributed by atoms with Crippen molar-refractivity contribution in [3.8, 4) is 0 Å². The van der Waals surface area contributed by atoms with Crippen LogP contribution in [0.25, 0.3) is 0 Å². The monoisotopic (exact) mass is 309 g/mol. The lowest BCUT2D eigenvalue weighted by Crippen LogP contribution is -1.78. The van der Waals surface area contributed by atoms with Gasteiger partial charge in [-0.25, -0.2) is 4.98 Å². The van der Waals surface area contributed by atoms with Crippen molar-refractivity contribution < 1.29 is 4.74 Å². The molecule has 0 amide bonds. The molecule has 1 saturated heterocycles. The van der Waals surface area contributed by atoms with Gasteiger partial charge in [-0.2, -0.15) is 0 Å². The van der Waals surface area contributed by atoms with Crippen LogP contribution in [-0.4, -0.2) is 18.2 Å². The molecule has 0 spiro atoms. The number of rotatable bonds is 3. The van der Waals surface area contributed by atoms with Crippen LogP contribution in [0.2, 0.25) is 0 Å². The van der Waals surface area contributed by atoms with Gasteiger partial charge in [0, 0.05) is 29.2 Å². The Hall–Kier alpha value is -0.840. The quantitative estimate of drug-likeness (QED) is 0.722. The lowest BCUT2D eigenvalue weighted by molar-refractivity contribution is 0.198. The first-order valence-corrected chi connectivity index (χ1v) is 9.00. The highest BCUT2D eigenvalue weighted by molar-refractivity contribution is 7.98. The number of aromatic nitrogens is 1. The van der Waals surface area contributed by atoms with E-state index in [1.807, 2.05) is 37.2 Å². The van der Waals surface area contributed by atoms with Crippen molar-refractivity contribution in [3.63, 3.8) is 0 Å². The maximum absolute atomic E-state index is 4.94. The highest BCUT2D eigenvalue weighted by atomic mass is 32.2. The number of benzene rings is 1. The minimum atomic E-state index is 0.966. The van der Waals surface area contributed by atoms with E-state index < -0.39 is 0 Å². The third-order valence-electron chi connectivity index (χ3n) is 2.44. The summed E-state index contributed by atoms with van der Waals surface area (Å²) >= 11 is 3.47. The van der Waals surface area contributed by atoms with Gasteiger partial charge in [0.1, 0.15) is 0 Å². The Balaban J connectivity index is 0.000000239. The largest absolute Gasteiger partial charge is 0.381 e. The molecule has 0 N–H and O–H groups in total. The third-order valence-corrected chi connectivity index (χ3v) is 4.12. The van der Waals surface area contributed by atoms with E-state index in [9.17, 15) is 0 Å². The summed E-state index contributed by atoms with van der Waals surface area (Å²) in [5.41, 5.74) is 3.04. The number of thioether (sulfide) groups is 1. The lowest BCUT2D eigenvalue weighted by Gasteiger charge is -1.97. The molecule has 1 aromatic carbocycles. The maximum atomic E-state index is 4.94. The summed E-state index contributed by atoms with van der Waals surface area (Å²) in [6.07, 6.45) is 2.56. The molecule has 3 rings (SSSR count). The first-order valence-electron chi connectivity index (χ1n) is 7.08. The van der Waals surface area contributed by atoms with E-state index in [4.69, 9.17) is 4.74 Å². The van der Waals surface area contributed by atoms with Crippen molar-refractivity contribution >= 4 is 23.1 Å². The van der Waals surface area contributed by atoms with E-state index in [-0.39, 0.29) is 0 Å². The van der Waals surface area contributed by atoms with Gasteiger partial charge < -0.3 is 4.74 Å². The fraction of sp³-hybridized carbons (Fsp3) is 0.438. The van der Waals surface area contributed by atoms with Gasteiger partial charge in [0.2, 0.25) is 0 Å². The SMILES string of the molecule is C1CCOC1.CC.c1ccc(SCc2cscn2)cc1. The fourth-order valence-corrected chi connectivity index (χ4v) is 2.98. The van der Waals surface area contributed by atoms with Crippen LogP contribution >= 0.6 is 23.1 Å². The van der Waals surface area contributed by atoms with E-state index in [1.54, 1.807) is 11.3 Å². The van der Waals surface area contributed by atoms with Gasteiger partial charge in [-0.15, -0.1) is 23.1 Å². The van der Waals surface area contributed by atoms with Gasteiger partial charge in [-0.05, 0) is 25.0 Å². The van der Waals surface area contributed by atoms with Crippen LogP contribution in [0.4, 0.5) is 0 Å². The van der Waals surface area contributed by atoms with Gasteiger partial charge in [0.25, 0.3) is 0 Å². The molecule has 0 unspecified atom stereocenters. The van der Waals surface area contributed by atoms with Crippen molar-refractivity contribution in [2.45, 2.75) is 37.3 Å². The van der Waals surface area contributed by atoms with Crippen LogP contribution in [0.3, 0.4) is 0 Å². The molecule has 2 aromatic rings. The zero-order valence-corrected chi connectivity index (χ0v) is 13.9. The molecule has 1 aromatic heterocycles. The molecule has 1 fully saturated rings. The molecule has 4 heteroatoms. The van der Waals surface area contributed by atoms with Crippen LogP contribution in [0.15, 0.2) is 46.1 Å². The van der Waals surface area contributed by atoms with Crippen LogP contribution in [0, 0.1) is 0 Å². The zero-order valence-electron chi connectivity index (χ0n) is 12.2. The number of hydrogen-bond donors (Lipinski definition) is 0. The van der Waals surface area contributed by atoms with Gasteiger partial charge in [-0.3, -0.25) is 0 Å². The highest BCUT2D eigenvalue weighted by Crippen LogP contribution is 2.21. The minimum Gasteiger partial charge on any atom is -0.381 e. The summed E-state index contributed by atoms with van der Waals surface area (Å²) in [7, 11) is 0. The molecule has 1 aliphatic rings. The molecule has 110 valence electrons. The van der Waals surface area contributed by atoms with Crippen molar-refractivity contribution in [2.75, 3.05) is 13.2 Å². The molecular formula is C16H23NOS2. The number of thiazole rings is 1. The Bertz CT molecular complexity index is 406. The normalized spacial score (nSPS) is 12.9. The van der Waals surface area contributed by atoms with Crippen molar-refractivity contribution in [1.29, 1.82) is 0 Å². The molecule has 0 saturated carbocycles. The van der Waals surface area contributed by atoms with Gasteiger partial charge in [0.15, 0.2) is 0 Å². The van der Waals surface area contributed by atoms with Crippen molar-refractivity contribution in [3.05, 3.63) is 46.9 Å². The molecule has 20 heavy (non-hydrogen) atoms. The summed E-state index contributed by atoms with van der Waals surface area (Å²) in [5.74, 6) is 0.966. The molecule has 0 radical (unpaired) electrons. The molecule has 0 bridgehead atoms. The van der Waals surface area contributed by atoms with E-state index >= 15 is 0 Å². The van der Waals surface area contributed by atoms with Gasteiger partial charge in [-0.1, -0.05) is 32.0 Å². The van der Waals surface area contributed by atoms with E-state index in [0.717, 1.165) is 19.0 Å². The van der Waals surface area contributed by atoms with E-state index in [0.29, 0.717) is 0 Å². The van der Waals surface area contributed by atoms with Crippen molar-refractivity contribution in [2.24, 2.45) is 0 Å². The average Bonchev–Trinajstić information content (AvgIpc) is 3.24. The summed E-state index contributed by atoms with van der Waals surface area (Å²) < 4.78 is 4.94. The second-order valence-corrected chi connectivity index (χ2v) is 5.67. The Morgan fingerprint density at radius 1 is 1.15 bits per heavy atom. The molecule has 0 aliphatic carbocycles. The standard InChI is InChI=1S/C10H9NS2.C4H8O.C2H6/c1-2-4-10(5-3-1)13-7-9-6-12-8-11-9;1-2-4-5-3-1;1-2/h1-6,8H,7H2;1-4H2;1-2H3.